The van der Waals surface area contributed by atoms with Crippen LogP contribution in [0.15, 0.2) is 18.2 Å². The van der Waals surface area contributed by atoms with Crippen molar-refractivity contribution in [2.24, 2.45) is 0 Å². The van der Waals surface area contributed by atoms with Crippen LogP contribution >= 0.6 is 23.1 Å². The van der Waals surface area contributed by atoms with Crippen molar-refractivity contribution in [1.82, 2.24) is 0 Å². The highest BCUT2D eigenvalue weighted by atomic mass is 32.2. The van der Waals surface area contributed by atoms with E-state index in [1.54, 1.807) is 23.9 Å². The molecule has 1 aliphatic carbocycles. The van der Waals surface area contributed by atoms with E-state index in [0.29, 0.717) is 26.8 Å². The fraction of sp³-hybridized carbons (Fsp3) is 0.438. The Morgan fingerprint density at radius 2 is 2.10 bits per heavy atom. The van der Waals surface area contributed by atoms with Crippen LogP contribution in [0.25, 0.3) is 10.1 Å². The van der Waals surface area contributed by atoms with E-state index in [0.717, 1.165) is 4.70 Å². The van der Waals surface area contributed by atoms with Crippen LogP contribution in [0.5, 0.6) is 0 Å². The van der Waals surface area contributed by atoms with Gasteiger partial charge in [-0.05, 0) is 30.5 Å². The SMILES string of the molecule is O=C(O)c1sc2cccc(F)c2c1CSC1CCCCC1. The van der Waals surface area contributed by atoms with E-state index >= 15 is 0 Å². The van der Waals surface area contributed by atoms with Crippen molar-refractivity contribution in [3.63, 3.8) is 0 Å². The van der Waals surface area contributed by atoms with Crippen LogP contribution in [0, 0.1) is 5.82 Å². The molecule has 0 saturated heterocycles. The second-order valence-corrected chi connectivity index (χ2v) is 7.74. The third-order valence-corrected chi connectivity index (χ3v) is 6.56. The zero-order valence-electron chi connectivity index (χ0n) is 11.6. The maximum absolute atomic E-state index is 14.1. The van der Waals surface area contributed by atoms with Crippen molar-refractivity contribution in [1.29, 1.82) is 0 Å². The first kappa shape index (κ1) is 14.9. The number of aromatic carboxylic acids is 1. The lowest BCUT2D eigenvalue weighted by molar-refractivity contribution is 0.0701. The first-order chi connectivity index (χ1) is 10.2. The van der Waals surface area contributed by atoms with Crippen molar-refractivity contribution in [2.45, 2.75) is 43.1 Å². The number of carboxylic acid groups (broad SMARTS) is 1. The largest absolute Gasteiger partial charge is 0.477 e. The van der Waals surface area contributed by atoms with Gasteiger partial charge in [-0.2, -0.15) is 11.8 Å². The molecule has 1 aliphatic rings. The maximum atomic E-state index is 14.1. The Balaban J connectivity index is 1.91. The number of thioether (sulfide) groups is 1. The number of hydrogen-bond donors (Lipinski definition) is 1. The first-order valence-corrected chi connectivity index (χ1v) is 9.08. The summed E-state index contributed by atoms with van der Waals surface area (Å²) in [7, 11) is 0. The average molecular weight is 324 g/mol. The predicted octanol–water partition coefficient (Wildman–Crippen LogP) is 5.30. The highest BCUT2D eigenvalue weighted by molar-refractivity contribution is 7.99. The second-order valence-electron chi connectivity index (χ2n) is 5.40. The Morgan fingerprint density at radius 1 is 1.33 bits per heavy atom. The summed E-state index contributed by atoms with van der Waals surface area (Å²) >= 11 is 2.97. The summed E-state index contributed by atoms with van der Waals surface area (Å²) < 4.78 is 14.8. The van der Waals surface area contributed by atoms with E-state index in [2.05, 4.69) is 0 Å². The standard InChI is InChI=1S/C16H17FO2S2/c17-12-7-4-8-13-14(12)11(15(21-13)16(18)19)9-20-10-5-2-1-3-6-10/h4,7-8,10H,1-3,5-6,9H2,(H,18,19). The van der Waals surface area contributed by atoms with Gasteiger partial charge in [0.2, 0.25) is 0 Å². The summed E-state index contributed by atoms with van der Waals surface area (Å²) in [6, 6.07) is 4.84. The molecule has 21 heavy (non-hydrogen) atoms. The van der Waals surface area contributed by atoms with Crippen LogP contribution in [-0.2, 0) is 5.75 Å². The van der Waals surface area contributed by atoms with Crippen LogP contribution in [0.3, 0.4) is 0 Å². The molecule has 0 amide bonds. The fourth-order valence-electron chi connectivity index (χ4n) is 2.91. The Hall–Kier alpha value is -1.07. The molecule has 1 saturated carbocycles. The lowest BCUT2D eigenvalue weighted by Crippen LogP contribution is -2.08. The van der Waals surface area contributed by atoms with Crippen molar-refractivity contribution >= 4 is 39.2 Å². The fourth-order valence-corrected chi connectivity index (χ4v) is 5.43. The highest BCUT2D eigenvalue weighted by Gasteiger charge is 2.22. The Bertz CT molecular complexity index is 660. The molecular weight excluding hydrogens is 307 g/mol. The van der Waals surface area contributed by atoms with Crippen molar-refractivity contribution in [3.8, 4) is 0 Å². The molecule has 0 aliphatic heterocycles. The van der Waals surface area contributed by atoms with Gasteiger partial charge in [-0.15, -0.1) is 11.3 Å². The van der Waals surface area contributed by atoms with Crippen molar-refractivity contribution in [2.75, 3.05) is 0 Å². The Kier molecular flexibility index (Phi) is 4.50. The van der Waals surface area contributed by atoms with Gasteiger partial charge in [-0.25, -0.2) is 9.18 Å². The van der Waals surface area contributed by atoms with Crippen LogP contribution in [0.4, 0.5) is 4.39 Å². The monoisotopic (exact) mass is 324 g/mol. The number of carbonyl (C=O) groups is 1. The molecular formula is C16H17FO2S2. The molecule has 112 valence electrons. The van der Waals surface area contributed by atoms with E-state index in [-0.39, 0.29) is 5.82 Å². The van der Waals surface area contributed by atoms with Crippen molar-refractivity contribution in [3.05, 3.63) is 34.5 Å². The van der Waals surface area contributed by atoms with E-state index < -0.39 is 5.97 Å². The average Bonchev–Trinajstić information content (AvgIpc) is 2.86. The summed E-state index contributed by atoms with van der Waals surface area (Å²) in [5.41, 5.74) is 0.663. The lowest BCUT2D eigenvalue weighted by atomic mass is 10.0. The molecule has 0 atom stereocenters. The molecule has 2 nitrogen and oxygen atoms in total. The Morgan fingerprint density at radius 3 is 2.81 bits per heavy atom. The molecule has 1 N–H and O–H groups in total. The number of fused-ring (bicyclic) bond motifs is 1. The van der Waals surface area contributed by atoms with Crippen molar-refractivity contribution < 1.29 is 14.3 Å². The molecule has 1 fully saturated rings. The lowest BCUT2D eigenvalue weighted by Gasteiger charge is -2.21. The van der Waals surface area contributed by atoms with Gasteiger partial charge in [-0.3, -0.25) is 0 Å². The number of hydrogen-bond acceptors (Lipinski definition) is 3. The number of rotatable bonds is 4. The summed E-state index contributed by atoms with van der Waals surface area (Å²) in [6.45, 7) is 0. The van der Waals surface area contributed by atoms with E-state index in [1.165, 1.54) is 49.5 Å². The van der Waals surface area contributed by atoms with Crippen LogP contribution in [0.2, 0.25) is 0 Å². The van der Waals surface area contributed by atoms with E-state index in [1.807, 2.05) is 0 Å². The number of halogens is 1. The van der Waals surface area contributed by atoms with Gasteiger partial charge in [0.05, 0.1) is 0 Å². The van der Waals surface area contributed by atoms with Gasteiger partial charge in [0.25, 0.3) is 0 Å². The van der Waals surface area contributed by atoms with Crippen LogP contribution in [-0.4, -0.2) is 16.3 Å². The Labute approximate surface area is 131 Å². The molecule has 1 aromatic carbocycles. The zero-order valence-corrected chi connectivity index (χ0v) is 13.2. The van der Waals surface area contributed by atoms with Gasteiger partial charge in [0, 0.05) is 21.1 Å². The molecule has 0 spiro atoms. The minimum absolute atomic E-state index is 0.290. The molecule has 0 bridgehead atoms. The molecule has 0 unspecified atom stereocenters. The normalized spacial score (nSPS) is 16.4. The quantitative estimate of drug-likeness (QED) is 0.828. The molecule has 5 heteroatoms. The zero-order chi connectivity index (χ0) is 14.8. The van der Waals surface area contributed by atoms with E-state index in [9.17, 15) is 14.3 Å². The minimum atomic E-state index is -0.949. The molecule has 2 aromatic rings. The number of benzene rings is 1. The maximum Gasteiger partial charge on any atom is 0.346 e. The third kappa shape index (κ3) is 3.09. The first-order valence-electron chi connectivity index (χ1n) is 7.21. The summed E-state index contributed by atoms with van der Waals surface area (Å²) in [4.78, 5) is 11.7. The minimum Gasteiger partial charge on any atom is -0.477 e. The third-order valence-electron chi connectivity index (χ3n) is 3.97. The molecule has 0 radical (unpaired) electrons. The van der Waals surface area contributed by atoms with Gasteiger partial charge in [0.1, 0.15) is 10.7 Å². The number of carboxylic acids is 1. The van der Waals surface area contributed by atoms with E-state index in [4.69, 9.17) is 0 Å². The van der Waals surface area contributed by atoms with Crippen LogP contribution < -0.4 is 0 Å². The van der Waals surface area contributed by atoms with Gasteiger partial charge in [-0.1, -0.05) is 25.3 Å². The topological polar surface area (TPSA) is 37.3 Å². The predicted molar refractivity (Wildman–Crippen MR) is 86.9 cm³/mol. The van der Waals surface area contributed by atoms with Gasteiger partial charge < -0.3 is 5.11 Å². The summed E-state index contributed by atoms with van der Waals surface area (Å²) in [5, 5.41) is 10.5. The van der Waals surface area contributed by atoms with Gasteiger partial charge in [0.15, 0.2) is 0 Å². The van der Waals surface area contributed by atoms with Crippen LogP contribution in [0.1, 0.15) is 47.3 Å². The molecule has 3 rings (SSSR count). The van der Waals surface area contributed by atoms with Gasteiger partial charge >= 0.3 is 5.97 Å². The number of thiophene rings is 1. The summed E-state index contributed by atoms with van der Waals surface area (Å²) in [5.74, 6) is -0.668. The molecule has 1 aromatic heterocycles. The smallest absolute Gasteiger partial charge is 0.346 e. The summed E-state index contributed by atoms with van der Waals surface area (Å²) in [6.07, 6.45) is 6.19. The second kappa shape index (κ2) is 6.36. The highest BCUT2D eigenvalue weighted by Crippen LogP contribution is 2.38. The molecule has 1 heterocycles.